The maximum atomic E-state index is 9.10. The lowest BCUT2D eigenvalue weighted by atomic mass is 10.1. The van der Waals surface area contributed by atoms with Crippen LogP contribution in [-0.4, -0.2) is 22.2 Å². The summed E-state index contributed by atoms with van der Waals surface area (Å²) in [5.74, 6) is 1.59. The highest BCUT2D eigenvalue weighted by atomic mass is 16.4. The van der Waals surface area contributed by atoms with Crippen molar-refractivity contribution in [1.82, 2.24) is 0 Å². The van der Waals surface area contributed by atoms with Crippen LogP contribution in [0.5, 0.6) is 0 Å². The minimum Gasteiger partial charge on any atom is -0.473 e. The molecule has 0 aliphatic heterocycles. The summed E-state index contributed by atoms with van der Waals surface area (Å²) in [6.45, 7) is 3.68. The Morgan fingerprint density at radius 1 is 1.22 bits per heavy atom. The standard InChI is InChI=1S/C10H14N2.C2H2O4/c1-2-3-4-9-5-7-10(12-11)8-6-9;3-1(4)2(5)6/h2,5-8,12H,1,3-4,11H2;(H,3,4)(H,5,6). The average Bonchev–Trinajstić information content (AvgIpc) is 2.37. The van der Waals surface area contributed by atoms with Crippen molar-refractivity contribution in [2.45, 2.75) is 12.8 Å². The monoisotopic (exact) mass is 252 g/mol. The Kier molecular flexibility index (Phi) is 7.63. The lowest BCUT2D eigenvalue weighted by molar-refractivity contribution is -0.159. The Morgan fingerprint density at radius 3 is 2.06 bits per heavy atom. The largest absolute Gasteiger partial charge is 0.473 e. The number of carboxylic acids is 2. The van der Waals surface area contributed by atoms with Crippen LogP contribution in [0.1, 0.15) is 12.0 Å². The molecule has 0 aliphatic rings. The number of nitrogen functional groups attached to an aromatic ring is 1. The highest BCUT2D eigenvalue weighted by Gasteiger charge is 2.04. The first-order valence-corrected chi connectivity index (χ1v) is 5.14. The topological polar surface area (TPSA) is 113 Å². The molecule has 98 valence electrons. The maximum absolute atomic E-state index is 9.10. The lowest BCUT2D eigenvalue weighted by Crippen LogP contribution is -2.09. The van der Waals surface area contributed by atoms with Gasteiger partial charge in [-0.3, -0.25) is 5.84 Å². The van der Waals surface area contributed by atoms with Crippen LogP contribution in [0.4, 0.5) is 5.69 Å². The van der Waals surface area contributed by atoms with Gasteiger partial charge in [0.25, 0.3) is 0 Å². The molecular formula is C12H16N2O4. The number of aliphatic carboxylic acids is 2. The zero-order valence-electron chi connectivity index (χ0n) is 9.80. The molecule has 0 saturated carbocycles. The van der Waals surface area contributed by atoms with E-state index in [1.807, 2.05) is 18.2 Å². The van der Waals surface area contributed by atoms with Crippen LogP contribution in [0.15, 0.2) is 36.9 Å². The van der Waals surface area contributed by atoms with Crippen LogP contribution in [0.25, 0.3) is 0 Å². The van der Waals surface area contributed by atoms with Gasteiger partial charge >= 0.3 is 11.9 Å². The van der Waals surface area contributed by atoms with E-state index >= 15 is 0 Å². The molecule has 0 fully saturated rings. The summed E-state index contributed by atoms with van der Waals surface area (Å²) in [5, 5.41) is 14.8. The van der Waals surface area contributed by atoms with E-state index in [1.165, 1.54) is 5.56 Å². The van der Waals surface area contributed by atoms with Gasteiger partial charge in [-0.2, -0.15) is 0 Å². The van der Waals surface area contributed by atoms with Crippen LogP contribution < -0.4 is 11.3 Å². The van der Waals surface area contributed by atoms with Crippen LogP contribution >= 0.6 is 0 Å². The third-order valence-electron chi connectivity index (χ3n) is 1.94. The van der Waals surface area contributed by atoms with Crippen LogP contribution in [0.3, 0.4) is 0 Å². The van der Waals surface area contributed by atoms with Crippen molar-refractivity contribution in [3.63, 3.8) is 0 Å². The first kappa shape index (κ1) is 15.7. The van der Waals surface area contributed by atoms with E-state index in [9.17, 15) is 0 Å². The molecule has 1 aromatic carbocycles. The number of hydrazine groups is 1. The second kappa shape index (κ2) is 8.77. The van der Waals surface area contributed by atoms with E-state index in [2.05, 4.69) is 24.1 Å². The fraction of sp³-hybridized carbons (Fsp3) is 0.167. The molecular weight excluding hydrogens is 236 g/mol. The van der Waals surface area contributed by atoms with Gasteiger partial charge in [-0.05, 0) is 30.5 Å². The number of carbonyl (C=O) groups is 2. The van der Waals surface area contributed by atoms with E-state index < -0.39 is 11.9 Å². The number of allylic oxidation sites excluding steroid dienone is 1. The van der Waals surface area contributed by atoms with E-state index in [0.717, 1.165) is 18.5 Å². The first-order chi connectivity index (χ1) is 8.51. The number of nitrogens with one attached hydrogen (secondary N) is 1. The highest BCUT2D eigenvalue weighted by molar-refractivity contribution is 6.27. The Balaban J connectivity index is 0.000000411. The highest BCUT2D eigenvalue weighted by Crippen LogP contribution is 2.09. The minimum atomic E-state index is -1.82. The van der Waals surface area contributed by atoms with Crippen molar-refractivity contribution in [2.75, 3.05) is 5.43 Å². The van der Waals surface area contributed by atoms with Gasteiger partial charge in [0.05, 0.1) is 0 Å². The van der Waals surface area contributed by atoms with Gasteiger partial charge in [-0.1, -0.05) is 18.2 Å². The molecule has 0 bridgehead atoms. The van der Waals surface area contributed by atoms with Crippen molar-refractivity contribution in [3.05, 3.63) is 42.5 Å². The van der Waals surface area contributed by atoms with Crippen LogP contribution in [0.2, 0.25) is 0 Å². The fourth-order valence-corrected chi connectivity index (χ4v) is 1.04. The van der Waals surface area contributed by atoms with Gasteiger partial charge in [0.1, 0.15) is 0 Å². The number of hydrogen-bond donors (Lipinski definition) is 4. The molecule has 6 heteroatoms. The third-order valence-corrected chi connectivity index (χ3v) is 1.94. The van der Waals surface area contributed by atoms with Crippen molar-refractivity contribution in [3.8, 4) is 0 Å². The van der Waals surface area contributed by atoms with Crippen LogP contribution in [0, 0.1) is 0 Å². The van der Waals surface area contributed by atoms with E-state index in [4.69, 9.17) is 25.6 Å². The number of rotatable bonds is 4. The molecule has 5 N–H and O–H groups in total. The summed E-state index contributed by atoms with van der Waals surface area (Å²) in [6, 6.07) is 8.08. The molecule has 1 aromatic rings. The molecule has 0 spiro atoms. The van der Waals surface area contributed by atoms with Crippen LogP contribution in [-0.2, 0) is 16.0 Å². The predicted octanol–water partition coefficient (Wildman–Crippen LogP) is 1.25. The normalized spacial score (nSPS) is 8.72. The van der Waals surface area contributed by atoms with Gasteiger partial charge in [-0.15, -0.1) is 6.58 Å². The summed E-state index contributed by atoms with van der Waals surface area (Å²) < 4.78 is 0. The number of nitrogens with two attached hydrogens (primary N) is 1. The molecule has 0 unspecified atom stereocenters. The van der Waals surface area contributed by atoms with E-state index in [-0.39, 0.29) is 0 Å². The van der Waals surface area contributed by atoms with Gasteiger partial charge in [0.15, 0.2) is 0 Å². The molecule has 0 heterocycles. The summed E-state index contributed by atoms with van der Waals surface area (Å²) in [5.41, 5.74) is 4.85. The van der Waals surface area contributed by atoms with Gasteiger partial charge in [-0.25, -0.2) is 9.59 Å². The second-order valence-electron chi connectivity index (χ2n) is 3.28. The SMILES string of the molecule is C=CCCc1ccc(NN)cc1.O=C(O)C(=O)O. The fourth-order valence-electron chi connectivity index (χ4n) is 1.04. The number of anilines is 1. The molecule has 0 radical (unpaired) electrons. The zero-order chi connectivity index (χ0) is 14.0. The Bertz CT molecular complexity index is 389. The lowest BCUT2D eigenvalue weighted by Gasteiger charge is -2.01. The van der Waals surface area contributed by atoms with Gasteiger partial charge in [0.2, 0.25) is 0 Å². The second-order valence-corrected chi connectivity index (χ2v) is 3.28. The summed E-state index contributed by atoms with van der Waals surface area (Å²) in [6.07, 6.45) is 4.00. The van der Waals surface area contributed by atoms with Crippen molar-refractivity contribution < 1.29 is 19.8 Å². The van der Waals surface area contributed by atoms with Crippen molar-refractivity contribution in [1.29, 1.82) is 0 Å². The number of aryl methyl sites for hydroxylation is 1. The molecule has 1 rings (SSSR count). The number of benzene rings is 1. The average molecular weight is 252 g/mol. The first-order valence-electron chi connectivity index (χ1n) is 5.14. The molecule has 0 aliphatic carbocycles. The molecule has 6 nitrogen and oxygen atoms in total. The number of carboxylic acid groups (broad SMARTS) is 2. The predicted molar refractivity (Wildman–Crippen MR) is 68.0 cm³/mol. The van der Waals surface area contributed by atoms with Crippen molar-refractivity contribution in [2.24, 2.45) is 5.84 Å². The van der Waals surface area contributed by atoms with Crippen molar-refractivity contribution >= 4 is 17.6 Å². The summed E-state index contributed by atoms with van der Waals surface area (Å²) in [7, 11) is 0. The number of hydrogen-bond acceptors (Lipinski definition) is 4. The minimum absolute atomic E-state index is 0.942. The molecule has 0 saturated heterocycles. The van der Waals surface area contributed by atoms with Gasteiger partial charge < -0.3 is 15.6 Å². The summed E-state index contributed by atoms with van der Waals surface area (Å²) >= 11 is 0. The smallest absolute Gasteiger partial charge is 0.414 e. The molecule has 0 amide bonds. The molecule has 0 aromatic heterocycles. The maximum Gasteiger partial charge on any atom is 0.414 e. The Hall–Kier alpha value is -2.34. The summed E-state index contributed by atoms with van der Waals surface area (Å²) in [4.78, 5) is 18.2. The third kappa shape index (κ3) is 7.02. The zero-order valence-corrected chi connectivity index (χ0v) is 9.80. The van der Waals surface area contributed by atoms with E-state index in [1.54, 1.807) is 0 Å². The molecule has 0 atom stereocenters. The van der Waals surface area contributed by atoms with E-state index in [0.29, 0.717) is 0 Å². The Morgan fingerprint density at radius 2 is 1.72 bits per heavy atom. The van der Waals surface area contributed by atoms with Gasteiger partial charge in [0, 0.05) is 5.69 Å². The molecule has 18 heavy (non-hydrogen) atoms. The Labute approximate surface area is 105 Å². The quantitative estimate of drug-likeness (QED) is 0.277.